The van der Waals surface area contributed by atoms with Crippen LogP contribution in [-0.2, 0) is 0 Å². The van der Waals surface area contributed by atoms with Crippen LogP contribution in [0.3, 0.4) is 0 Å². The Hall–Kier alpha value is -2.51. The molecule has 1 aromatic rings. The van der Waals surface area contributed by atoms with Crippen LogP contribution >= 0.6 is 0 Å². The standard InChI is InChI=1S/C10H12N4O4/c1-7(2)6-11-12-9-4-3-8(13(15)16)5-10(9)14(17)18/h3-7,12H,1-2H3. The van der Waals surface area contributed by atoms with Crippen molar-refractivity contribution < 1.29 is 9.85 Å². The van der Waals surface area contributed by atoms with E-state index in [9.17, 15) is 20.2 Å². The number of nitrogens with zero attached hydrogens (tertiary/aromatic N) is 3. The molecule has 0 saturated carbocycles. The van der Waals surface area contributed by atoms with E-state index in [0.29, 0.717) is 0 Å². The lowest BCUT2D eigenvalue weighted by atomic mass is 10.2. The number of non-ortho nitro benzene ring substituents is 1. The predicted molar refractivity (Wildman–Crippen MR) is 66.7 cm³/mol. The van der Waals surface area contributed by atoms with Gasteiger partial charge in [0.1, 0.15) is 5.69 Å². The van der Waals surface area contributed by atoms with E-state index < -0.39 is 9.85 Å². The van der Waals surface area contributed by atoms with Gasteiger partial charge < -0.3 is 0 Å². The second kappa shape index (κ2) is 5.71. The third-order valence-electron chi connectivity index (χ3n) is 1.95. The predicted octanol–water partition coefficient (Wildman–Crippen LogP) is 2.56. The first kappa shape index (κ1) is 13.6. The Morgan fingerprint density at radius 3 is 2.44 bits per heavy atom. The maximum atomic E-state index is 10.8. The lowest BCUT2D eigenvalue weighted by Crippen LogP contribution is -1.99. The van der Waals surface area contributed by atoms with Crippen molar-refractivity contribution in [3.8, 4) is 0 Å². The van der Waals surface area contributed by atoms with Crippen molar-refractivity contribution in [2.45, 2.75) is 13.8 Å². The molecule has 8 heteroatoms. The van der Waals surface area contributed by atoms with E-state index in [-0.39, 0.29) is 23.0 Å². The molecule has 0 aliphatic heterocycles. The molecule has 1 rings (SSSR count). The summed E-state index contributed by atoms with van der Waals surface area (Å²) in [5.74, 6) is 0.189. The largest absolute Gasteiger partial charge is 0.301 e. The van der Waals surface area contributed by atoms with Crippen LogP contribution in [0, 0.1) is 26.1 Å². The first-order valence-electron chi connectivity index (χ1n) is 5.14. The van der Waals surface area contributed by atoms with E-state index in [0.717, 1.165) is 6.07 Å². The summed E-state index contributed by atoms with van der Waals surface area (Å²) < 4.78 is 0. The summed E-state index contributed by atoms with van der Waals surface area (Å²) in [5.41, 5.74) is 1.89. The van der Waals surface area contributed by atoms with Gasteiger partial charge in [0.2, 0.25) is 0 Å². The van der Waals surface area contributed by atoms with Gasteiger partial charge in [-0.3, -0.25) is 25.7 Å². The van der Waals surface area contributed by atoms with Gasteiger partial charge in [-0.25, -0.2) is 0 Å². The maximum absolute atomic E-state index is 10.8. The minimum atomic E-state index is -0.694. The molecule has 1 aromatic carbocycles. The van der Waals surface area contributed by atoms with E-state index in [1.165, 1.54) is 12.1 Å². The van der Waals surface area contributed by atoms with Crippen molar-refractivity contribution in [2.75, 3.05) is 5.43 Å². The summed E-state index contributed by atoms with van der Waals surface area (Å²) in [7, 11) is 0. The van der Waals surface area contributed by atoms with Crippen molar-refractivity contribution in [3.05, 3.63) is 38.4 Å². The fourth-order valence-corrected chi connectivity index (χ4v) is 1.14. The molecule has 1 N–H and O–H groups in total. The quantitative estimate of drug-likeness (QED) is 0.491. The molecule has 0 fully saturated rings. The molecule has 0 aromatic heterocycles. The zero-order valence-electron chi connectivity index (χ0n) is 9.86. The summed E-state index contributed by atoms with van der Waals surface area (Å²) in [6.45, 7) is 3.80. The van der Waals surface area contributed by atoms with Crippen LogP contribution in [0.2, 0.25) is 0 Å². The minimum absolute atomic E-state index is 0.113. The Kier molecular flexibility index (Phi) is 4.30. The van der Waals surface area contributed by atoms with E-state index in [1.807, 2.05) is 13.8 Å². The van der Waals surface area contributed by atoms with Crippen molar-refractivity contribution in [1.29, 1.82) is 0 Å². The van der Waals surface area contributed by atoms with Gasteiger partial charge >= 0.3 is 5.69 Å². The number of benzene rings is 1. The highest BCUT2D eigenvalue weighted by Crippen LogP contribution is 2.28. The van der Waals surface area contributed by atoms with Gasteiger partial charge in [0.15, 0.2) is 0 Å². The molecular weight excluding hydrogens is 240 g/mol. The number of hydrazone groups is 1. The van der Waals surface area contributed by atoms with E-state index in [4.69, 9.17) is 0 Å². The first-order valence-corrected chi connectivity index (χ1v) is 5.14. The maximum Gasteiger partial charge on any atom is 0.301 e. The number of hydrogen-bond acceptors (Lipinski definition) is 6. The number of nitrogens with one attached hydrogen (secondary N) is 1. The molecule has 0 bridgehead atoms. The average molecular weight is 252 g/mol. The molecule has 96 valence electrons. The number of anilines is 1. The highest BCUT2D eigenvalue weighted by Gasteiger charge is 2.18. The second-order valence-electron chi connectivity index (χ2n) is 3.85. The van der Waals surface area contributed by atoms with Crippen molar-refractivity contribution >= 4 is 23.3 Å². The number of hydrogen-bond donors (Lipinski definition) is 1. The Morgan fingerprint density at radius 1 is 1.28 bits per heavy atom. The summed E-state index contributed by atoms with van der Waals surface area (Å²) in [4.78, 5) is 19.9. The number of rotatable bonds is 5. The van der Waals surface area contributed by atoms with Crippen LogP contribution in [0.25, 0.3) is 0 Å². The smallest absolute Gasteiger partial charge is 0.272 e. The lowest BCUT2D eigenvalue weighted by Gasteiger charge is -2.02. The minimum Gasteiger partial charge on any atom is -0.272 e. The fraction of sp³-hybridized carbons (Fsp3) is 0.300. The molecule has 0 aliphatic rings. The van der Waals surface area contributed by atoms with Gasteiger partial charge in [-0.2, -0.15) is 5.10 Å². The van der Waals surface area contributed by atoms with E-state index in [2.05, 4.69) is 10.5 Å². The SMILES string of the molecule is CC(C)C=NNc1ccc([N+](=O)[O-])cc1[N+](=O)[O-]. The Bertz CT molecular complexity index is 499. The molecule has 0 aliphatic carbocycles. The second-order valence-corrected chi connectivity index (χ2v) is 3.85. The first-order chi connectivity index (χ1) is 8.41. The van der Waals surface area contributed by atoms with Gasteiger partial charge in [-0.1, -0.05) is 13.8 Å². The van der Waals surface area contributed by atoms with Crippen LogP contribution < -0.4 is 5.43 Å². The molecule has 0 heterocycles. The molecule has 0 atom stereocenters. The highest BCUT2D eigenvalue weighted by molar-refractivity contribution is 5.67. The van der Waals surface area contributed by atoms with Crippen LogP contribution in [0.5, 0.6) is 0 Å². The zero-order valence-corrected chi connectivity index (χ0v) is 9.86. The van der Waals surface area contributed by atoms with Gasteiger partial charge in [0.25, 0.3) is 5.69 Å². The number of nitro benzene ring substituents is 2. The molecule has 0 unspecified atom stereocenters. The Morgan fingerprint density at radius 2 is 1.94 bits per heavy atom. The van der Waals surface area contributed by atoms with Crippen molar-refractivity contribution in [3.63, 3.8) is 0 Å². The highest BCUT2D eigenvalue weighted by atomic mass is 16.6. The third kappa shape index (κ3) is 3.51. The molecule has 8 nitrogen and oxygen atoms in total. The van der Waals surface area contributed by atoms with Gasteiger partial charge in [0, 0.05) is 12.3 Å². The van der Waals surface area contributed by atoms with Gasteiger partial charge in [0.05, 0.1) is 15.9 Å². The van der Waals surface area contributed by atoms with E-state index in [1.54, 1.807) is 6.21 Å². The normalized spacial score (nSPS) is 10.8. The number of nitro groups is 2. The topological polar surface area (TPSA) is 111 Å². The molecule has 0 amide bonds. The van der Waals surface area contributed by atoms with Crippen LogP contribution in [0.1, 0.15) is 13.8 Å². The van der Waals surface area contributed by atoms with Crippen molar-refractivity contribution in [2.24, 2.45) is 11.0 Å². The summed E-state index contributed by atoms with van der Waals surface area (Å²) >= 11 is 0. The Labute approximate surface area is 103 Å². The van der Waals surface area contributed by atoms with Gasteiger partial charge in [-0.05, 0) is 12.0 Å². The van der Waals surface area contributed by atoms with E-state index >= 15 is 0 Å². The van der Waals surface area contributed by atoms with Crippen LogP contribution in [0.4, 0.5) is 17.1 Å². The molecular formula is C10H12N4O4. The van der Waals surface area contributed by atoms with Crippen LogP contribution in [0.15, 0.2) is 23.3 Å². The monoisotopic (exact) mass is 252 g/mol. The molecule has 0 saturated heterocycles. The summed E-state index contributed by atoms with van der Waals surface area (Å²) in [5, 5.41) is 25.1. The zero-order chi connectivity index (χ0) is 13.7. The Balaban J connectivity index is 3.04. The average Bonchev–Trinajstić information content (AvgIpc) is 2.28. The third-order valence-corrected chi connectivity index (χ3v) is 1.95. The summed E-state index contributed by atoms with van der Waals surface area (Å²) in [6, 6.07) is 3.33. The van der Waals surface area contributed by atoms with Gasteiger partial charge in [-0.15, -0.1) is 0 Å². The van der Waals surface area contributed by atoms with Crippen LogP contribution in [-0.4, -0.2) is 16.1 Å². The van der Waals surface area contributed by atoms with Crippen molar-refractivity contribution in [1.82, 2.24) is 0 Å². The molecule has 0 radical (unpaired) electrons. The molecule has 18 heavy (non-hydrogen) atoms. The summed E-state index contributed by atoms with van der Waals surface area (Å²) in [6.07, 6.45) is 1.57. The lowest BCUT2D eigenvalue weighted by molar-refractivity contribution is -0.393. The molecule has 0 spiro atoms. The fourth-order valence-electron chi connectivity index (χ4n) is 1.14.